The van der Waals surface area contributed by atoms with E-state index in [9.17, 15) is 4.79 Å². The Bertz CT molecular complexity index is 391. The van der Waals surface area contributed by atoms with Crippen molar-refractivity contribution in [2.45, 2.75) is 77.7 Å². The second-order valence-electron chi connectivity index (χ2n) is 7.27. The lowest BCUT2D eigenvalue weighted by Crippen LogP contribution is -2.45. The van der Waals surface area contributed by atoms with Crippen LogP contribution in [0.15, 0.2) is 12.2 Å². The van der Waals surface area contributed by atoms with Gasteiger partial charge in [-0.1, -0.05) is 32.9 Å². The molecule has 1 heterocycles. The standard InChI is InChI=1S/C17H33NO3Si/c1-8-22(9-2,10-3)20-13-15-11-14(4)12-18(15)16(19)21-17(5,6)7/h15H,4,8-13H2,1-3,5-7H3/t15-/m0/s1. The normalized spacial score (nSPS) is 19.6. The third kappa shape index (κ3) is 5.13. The van der Waals surface area contributed by atoms with Gasteiger partial charge in [0.15, 0.2) is 8.32 Å². The first kappa shape index (κ1) is 19.2. The predicted octanol–water partition coefficient (Wildman–Crippen LogP) is 4.57. The number of ether oxygens (including phenoxy) is 1. The molecule has 1 aliphatic heterocycles. The van der Waals surface area contributed by atoms with Crippen molar-refractivity contribution in [1.29, 1.82) is 0 Å². The maximum atomic E-state index is 12.4. The van der Waals surface area contributed by atoms with E-state index in [1.54, 1.807) is 4.90 Å². The number of carbonyl (C=O) groups is 1. The van der Waals surface area contributed by atoms with E-state index in [1.807, 2.05) is 20.8 Å². The highest BCUT2D eigenvalue weighted by molar-refractivity contribution is 6.73. The van der Waals surface area contributed by atoms with Gasteiger partial charge in [0.05, 0.1) is 12.6 Å². The van der Waals surface area contributed by atoms with Crippen LogP contribution in [0.5, 0.6) is 0 Å². The number of hydrogen-bond acceptors (Lipinski definition) is 3. The first-order chi connectivity index (χ1) is 10.2. The molecular formula is C17H33NO3Si. The van der Waals surface area contributed by atoms with Gasteiger partial charge in [0, 0.05) is 6.54 Å². The molecule has 1 aliphatic rings. The summed E-state index contributed by atoms with van der Waals surface area (Å²) in [4.78, 5) is 14.2. The largest absolute Gasteiger partial charge is 0.444 e. The maximum absolute atomic E-state index is 12.4. The Morgan fingerprint density at radius 3 is 2.27 bits per heavy atom. The fourth-order valence-electron chi connectivity index (χ4n) is 2.89. The summed E-state index contributed by atoms with van der Waals surface area (Å²) in [5.74, 6) is 0. The van der Waals surface area contributed by atoms with Crippen molar-refractivity contribution in [3.05, 3.63) is 12.2 Å². The molecule has 0 N–H and O–H groups in total. The quantitative estimate of drug-likeness (QED) is 0.530. The minimum atomic E-state index is -1.63. The summed E-state index contributed by atoms with van der Waals surface area (Å²) in [6.45, 7) is 17.6. The molecule has 0 unspecified atom stereocenters. The van der Waals surface area contributed by atoms with E-state index >= 15 is 0 Å². The monoisotopic (exact) mass is 327 g/mol. The summed E-state index contributed by atoms with van der Waals surface area (Å²) in [6.07, 6.45) is 0.567. The zero-order chi connectivity index (χ0) is 17.0. The van der Waals surface area contributed by atoms with E-state index in [1.165, 1.54) is 0 Å². The van der Waals surface area contributed by atoms with Crippen LogP contribution in [-0.2, 0) is 9.16 Å². The fraction of sp³-hybridized carbons (Fsp3) is 0.824. The molecule has 0 saturated carbocycles. The van der Waals surface area contributed by atoms with Crippen molar-refractivity contribution in [3.63, 3.8) is 0 Å². The lowest BCUT2D eigenvalue weighted by atomic mass is 10.2. The highest BCUT2D eigenvalue weighted by atomic mass is 28.4. The van der Waals surface area contributed by atoms with E-state index in [-0.39, 0.29) is 12.1 Å². The van der Waals surface area contributed by atoms with Crippen LogP contribution in [0.4, 0.5) is 4.79 Å². The molecule has 0 aromatic heterocycles. The van der Waals surface area contributed by atoms with Gasteiger partial charge in [0.2, 0.25) is 0 Å². The molecule has 1 rings (SSSR count). The van der Waals surface area contributed by atoms with Gasteiger partial charge in [0.1, 0.15) is 5.60 Å². The second-order valence-corrected chi connectivity index (χ2v) is 12.0. The Morgan fingerprint density at radius 1 is 1.27 bits per heavy atom. The number of rotatable bonds is 6. The van der Waals surface area contributed by atoms with Crippen LogP contribution >= 0.6 is 0 Å². The van der Waals surface area contributed by atoms with Crippen LogP contribution in [0.3, 0.4) is 0 Å². The van der Waals surface area contributed by atoms with E-state index in [0.717, 1.165) is 30.1 Å². The highest BCUT2D eigenvalue weighted by Gasteiger charge is 2.36. The number of nitrogens with zero attached hydrogens (tertiary/aromatic N) is 1. The third-order valence-electron chi connectivity index (χ3n) is 4.50. The molecule has 1 saturated heterocycles. The lowest BCUT2D eigenvalue weighted by molar-refractivity contribution is 0.0185. The first-order valence-electron chi connectivity index (χ1n) is 8.46. The molecule has 0 aromatic rings. The van der Waals surface area contributed by atoms with Crippen LogP contribution in [0.2, 0.25) is 18.1 Å². The zero-order valence-electron chi connectivity index (χ0n) is 15.2. The number of hydrogen-bond donors (Lipinski definition) is 0. The minimum absolute atomic E-state index is 0.0684. The summed E-state index contributed by atoms with van der Waals surface area (Å²) >= 11 is 0. The van der Waals surface area contributed by atoms with Crippen LogP contribution in [0, 0.1) is 0 Å². The topological polar surface area (TPSA) is 38.8 Å². The Hall–Kier alpha value is -0.813. The summed E-state index contributed by atoms with van der Waals surface area (Å²) in [7, 11) is -1.63. The van der Waals surface area contributed by atoms with E-state index in [4.69, 9.17) is 9.16 Å². The van der Waals surface area contributed by atoms with E-state index < -0.39 is 13.9 Å². The third-order valence-corrected chi connectivity index (χ3v) is 9.15. The highest BCUT2D eigenvalue weighted by Crippen LogP contribution is 2.27. The second kappa shape index (κ2) is 7.64. The molecule has 5 heteroatoms. The Labute approximate surface area is 137 Å². The van der Waals surface area contributed by atoms with Crippen molar-refractivity contribution in [2.24, 2.45) is 0 Å². The van der Waals surface area contributed by atoms with Crippen molar-refractivity contribution in [3.8, 4) is 0 Å². The molecule has 22 heavy (non-hydrogen) atoms. The first-order valence-corrected chi connectivity index (χ1v) is 11.0. The molecule has 0 spiro atoms. The molecule has 0 radical (unpaired) electrons. The van der Waals surface area contributed by atoms with Gasteiger partial charge < -0.3 is 9.16 Å². The van der Waals surface area contributed by atoms with Gasteiger partial charge in [-0.25, -0.2) is 4.79 Å². The number of carbonyl (C=O) groups excluding carboxylic acids is 1. The maximum Gasteiger partial charge on any atom is 0.410 e. The SMILES string of the molecule is C=C1C[C@@H](CO[Si](CC)(CC)CC)N(C(=O)OC(C)(C)C)C1. The predicted molar refractivity (Wildman–Crippen MR) is 93.6 cm³/mol. The van der Waals surface area contributed by atoms with Crippen molar-refractivity contribution < 1.29 is 14.0 Å². The average Bonchev–Trinajstić information content (AvgIpc) is 2.80. The van der Waals surface area contributed by atoms with Crippen LogP contribution < -0.4 is 0 Å². The molecule has 1 amide bonds. The number of likely N-dealkylation sites (tertiary alicyclic amines) is 1. The van der Waals surface area contributed by atoms with Crippen molar-refractivity contribution >= 4 is 14.4 Å². The Kier molecular flexibility index (Phi) is 6.68. The summed E-state index contributed by atoms with van der Waals surface area (Å²) in [5.41, 5.74) is 0.609. The summed E-state index contributed by atoms with van der Waals surface area (Å²) in [6, 6.07) is 3.44. The summed E-state index contributed by atoms with van der Waals surface area (Å²) in [5, 5.41) is 0. The zero-order valence-corrected chi connectivity index (χ0v) is 16.2. The van der Waals surface area contributed by atoms with E-state index in [0.29, 0.717) is 13.2 Å². The van der Waals surface area contributed by atoms with Gasteiger partial charge in [-0.15, -0.1) is 0 Å². The van der Waals surface area contributed by atoms with Crippen LogP contribution in [-0.4, -0.2) is 44.1 Å². The van der Waals surface area contributed by atoms with Gasteiger partial charge in [-0.05, 0) is 45.3 Å². The molecular weight excluding hydrogens is 294 g/mol. The average molecular weight is 328 g/mol. The van der Waals surface area contributed by atoms with Crippen molar-refractivity contribution in [2.75, 3.05) is 13.2 Å². The van der Waals surface area contributed by atoms with Gasteiger partial charge in [0.25, 0.3) is 0 Å². The van der Waals surface area contributed by atoms with Gasteiger partial charge in [-0.3, -0.25) is 4.90 Å². The smallest absolute Gasteiger partial charge is 0.410 e. The van der Waals surface area contributed by atoms with Crippen LogP contribution in [0.1, 0.15) is 48.0 Å². The Balaban J connectivity index is 2.71. The fourth-order valence-corrected chi connectivity index (χ4v) is 5.55. The molecule has 1 atom stereocenters. The van der Waals surface area contributed by atoms with E-state index in [2.05, 4.69) is 27.4 Å². The molecule has 0 aromatic carbocycles. The van der Waals surface area contributed by atoms with Crippen molar-refractivity contribution in [1.82, 2.24) is 4.90 Å². The Morgan fingerprint density at radius 2 is 1.82 bits per heavy atom. The summed E-state index contributed by atoms with van der Waals surface area (Å²) < 4.78 is 11.9. The van der Waals surface area contributed by atoms with Crippen LogP contribution in [0.25, 0.3) is 0 Å². The molecule has 0 aliphatic carbocycles. The lowest BCUT2D eigenvalue weighted by Gasteiger charge is -2.33. The minimum Gasteiger partial charge on any atom is -0.444 e. The molecule has 128 valence electrons. The number of amides is 1. The van der Waals surface area contributed by atoms with Gasteiger partial charge in [-0.2, -0.15) is 0 Å². The molecule has 4 nitrogen and oxygen atoms in total. The molecule has 1 fully saturated rings. The van der Waals surface area contributed by atoms with Gasteiger partial charge >= 0.3 is 6.09 Å². The molecule has 0 bridgehead atoms.